The fourth-order valence-corrected chi connectivity index (χ4v) is 5.23. The zero-order valence-corrected chi connectivity index (χ0v) is 16.0. The van der Waals surface area contributed by atoms with Crippen molar-refractivity contribution in [2.24, 2.45) is 0 Å². The van der Waals surface area contributed by atoms with Crippen molar-refractivity contribution in [1.29, 1.82) is 0 Å². The summed E-state index contributed by atoms with van der Waals surface area (Å²) in [6.45, 7) is 10.6. The first kappa shape index (κ1) is 17.5. The van der Waals surface area contributed by atoms with Crippen LogP contribution in [0.25, 0.3) is 0 Å². The van der Waals surface area contributed by atoms with Crippen LogP contribution < -0.4 is 5.32 Å². The van der Waals surface area contributed by atoms with Crippen molar-refractivity contribution in [1.82, 2.24) is 10.2 Å². The Morgan fingerprint density at radius 2 is 2.05 bits per heavy atom. The molecule has 21 heavy (non-hydrogen) atoms. The molecule has 0 amide bonds. The fraction of sp³-hybridized carbons (Fsp3) is 0.765. The largest absolute Gasteiger partial charge is 0.308 e. The van der Waals surface area contributed by atoms with Gasteiger partial charge in [0.25, 0.3) is 0 Å². The zero-order chi connectivity index (χ0) is 15.3. The lowest BCUT2D eigenvalue weighted by molar-refractivity contribution is 0.0433. The van der Waals surface area contributed by atoms with Gasteiger partial charge in [-0.3, -0.25) is 4.90 Å². The molecule has 0 aromatic carbocycles. The Balaban J connectivity index is 2.29. The number of nitrogens with zero attached hydrogens (tertiary/aromatic N) is 1. The van der Waals surface area contributed by atoms with Crippen LogP contribution in [0.1, 0.15) is 63.8 Å². The van der Waals surface area contributed by atoms with Gasteiger partial charge in [0, 0.05) is 14.9 Å². The highest BCUT2D eigenvalue weighted by molar-refractivity contribution is 9.10. The first-order chi connectivity index (χ1) is 10.1. The molecule has 1 fully saturated rings. The molecule has 2 rings (SSSR count). The quantitative estimate of drug-likeness (QED) is 0.706. The van der Waals surface area contributed by atoms with Crippen LogP contribution in [0, 0.1) is 0 Å². The first-order valence-electron chi connectivity index (χ1n) is 8.34. The van der Waals surface area contributed by atoms with Crippen LogP contribution in [0.4, 0.5) is 0 Å². The zero-order valence-electron chi connectivity index (χ0n) is 13.6. The van der Waals surface area contributed by atoms with E-state index in [1.54, 1.807) is 0 Å². The number of hydrogen-bond acceptors (Lipinski definition) is 3. The van der Waals surface area contributed by atoms with Gasteiger partial charge in [0.05, 0.1) is 6.04 Å². The second-order valence-corrected chi connectivity index (χ2v) is 8.08. The summed E-state index contributed by atoms with van der Waals surface area (Å²) in [5.74, 6) is 0. The Bertz CT molecular complexity index is 428. The highest BCUT2D eigenvalue weighted by Gasteiger charge is 2.40. The molecule has 1 aromatic rings. The minimum Gasteiger partial charge on any atom is -0.308 e. The predicted octanol–water partition coefficient (Wildman–Crippen LogP) is 5.21. The van der Waals surface area contributed by atoms with E-state index in [9.17, 15) is 0 Å². The third kappa shape index (κ3) is 3.90. The molecule has 2 nitrogen and oxygen atoms in total. The lowest BCUT2D eigenvalue weighted by Crippen LogP contribution is -2.55. The third-order valence-electron chi connectivity index (χ3n) is 4.92. The SMILES string of the molecule is CCCNC(c1sccc1Br)C(C)(CC)N1CCCCC1. The normalized spacial score (nSPS) is 21.1. The Hall–Kier alpha value is 0.1000. The van der Waals surface area contributed by atoms with Gasteiger partial charge in [-0.25, -0.2) is 0 Å². The van der Waals surface area contributed by atoms with Crippen molar-refractivity contribution in [3.05, 3.63) is 20.8 Å². The van der Waals surface area contributed by atoms with E-state index in [1.165, 1.54) is 54.5 Å². The molecule has 2 atom stereocenters. The van der Waals surface area contributed by atoms with E-state index in [0.29, 0.717) is 6.04 Å². The van der Waals surface area contributed by atoms with Crippen molar-refractivity contribution in [2.45, 2.75) is 64.5 Å². The van der Waals surface area contributed by atoms with Crippen LogP contribution in [-0.2, 0) is 0 Å². The number of hydrogen-bond donors (Lipinski definition) is 1. The van der Waals surface area contributed by atoms with E-state index in [1.807, 2.05) is 11.3 Å². The summed E-state index contributed by atoms with van der Waals surface area (Å²) in [5, 5.41) is 6.04. The summed E-state index contributed by atoms with van der Waals surface area (Å²) < 4.78 is 1.26. The van der Waals surface area contributed by atoms with Crippen LogP contribution in [0.5, 0.6) is 0 Å². The van der Waals surface area contributed by atoms with Crippen LogP contribution in [0.15, 0.2) is 15.9 Å². The van der Waals surface area contributed by atoms with Crippen molar-refractivity contribution >= 4 is 27.3 Å². The first-order valence-corrected chi connectivity index (χ1v) is 10.0. The topological polar surface area (TPSA) is 15.3 Å². The molecule has 1 aliphatic heterocycles. The molecule has 0 bridgehead atoms. The average molecular weight is 373 g/mol. The molecular weight excluding hydrogens is 344 g/mol. The molecule has 1 aromatic heterocycles. The molecule has 1 N–H and O–H groups in total. The van der Waals surface area contributed by atoms with Crippen molar-refractivity contribution < 1.29 is 0 Å². The molecule has 0 radical (unpaired) electrons. The maximum absolute atomic E-state index is 3.84. The maximum Gasteiger partial charge on any atom is 0.0610 e. The number of thiophene rings is 1. The third-order valence-corrected chi connectivity index (χ3v) is 6.86. The Labute approximate surface area is 142 Å². The summed E-state index contributed by atoms with van der Waals surface area (Å²) in [5.41, 5.74) is 0.197. The van der Waals surface area contributed by atoms with Gasteiger partial charge in [0.1, 0.15) is 0 Å². The summed E-state index contributed by atoms with van der Waals surface area (Å²) in [7, 11) is 0. The molecule has 4 heteroatoms. The smallest absolute Gasteiger partial charge is 0.0610 e. The van der Waals surface area contributed by atoms with Crippen molar-refractivity contribution in [2.75, 3.05) is 19.6 Å². The number of rotatable bonds is 7. The molecule has 0 saturated carbocycles. The van der Waals surface area contributed by atoms with E-state index in [-0.39, 0.29) is 5.54 Å². The van der Waals surface area contributed by atoms with Crippen molar-refractivity contribution in [3.8, 4) is 0 Å². The molecule has 2 unspecified atom stereocenters. The average Bonchev–Trinajstić information content (AvgIpc) is 2.94. The summed E-state index contributed by atoms with van der Waals surface area (Å²) in [4.78, 5) is 4.19. The predicted molar refractivity (Wildman–Crippen MR) is 97.2 cm³/mol. The highest BCUT2D eigenvalue weighted by atomic mass is 79.9. The van der Waals surface area contributed by atoms with Gasteiger partial charge in [-0.1, -0.05) is 20.3 Å². The summed E-state index contributed by atoms with van der Waals surface area (Å²) in [6.07, 6.45) is 6.45. The fourth-order valence-electron chi connectivity index (χ4n) is 3.41. The standard InChI is InChI=1S/C17H29BrN2S/c1-4-10-19-16(15-14(18)9-13-21-15)17(3,5-2)20-11-7-6-8-12-20/h9,13,16,19H,4-8,10-12H2,1-3H3. The molecule has 0 aliphatic carbocycles. The Morgan fingerprint density at radius 3 is 2.57 bits per heavy atom. The highest BCUT2D eigenvalue weighted by Crippen LogP contribution is 2.41. The van der Waals surface area contributed by atoms with Crippen LogP contribution in [0.3, 0.4) is 0 Å². The van der Waals surface area contributed by atoms with E-state index >= 15 is 0 Å². The molecule has 120 valence electrons. The van der Waals surface area contributed by atoms with Gasteiger partial charge in [0.2, 0.25) is 0 Å². The molecule has 2 heterocycles. The Morgan fingerprint density at radius 1 is 1.33 bits per heavy atom. The maximum atomic E-state index is 3.84. The molecule has 0 spiro atoms. The minimum atomic E-state index is 0.197. The molecule has 1 aliphatic rings. The number of nitrogens with one attached hydrogen (secondary N) is 1. The van der Waals surface area contributed by atoms with E-state index in [0.717, 1.165) is 6.54 Å². The van der Waals surface area contributed by atoms with Gasteiger partial charge in [-0.2, -0.15) is 0 Å². The lowest BCUT2D eigenvalue weighted by Gasteiger charge is -2.48. The van der Waals surface area contributed by atoms with Crippen LogP contribution in [0.2, 0.25) is 0 Å². The second-order valence-electron chi connectivity index (χ2n) is 6.28. The minimum absolute atomic E-state index is 0.197. The Kier molecular flexibility index (Phi) is 6.73. The monoisotopic (exact) mass is 372 g/mol. The van der Waals surface area contributed by atoms with E-state index < -0.39 is 0 Å². The summed E-state index contributed by atoms with van der Waals surface area (Å²) in [6, 6.07) is 2.60. The van der Waals surface area contributed by atoms with Gasteiger partial charge in [-0.05, 0) is 79.6 Å². The van der Waals surface area contributed by atoms with Crippen molar-refractivity contribution in [3.63, 3.8) is 0 Å². The van der Waals surface area contributed by atoms with E-state index in [4.69, 9.17) is 0 Å². The second kappa shape index (κ2) is 8.09. The number of likely N-dealkylation sites (tertiary alicyclic amines) is 1. The van der Waals surface area contributed by atoms with Gasteiger partial charge in [-0.15, -0.1) is 11.3 Å². The molecular formula is C17H29BrN2S. The molecule has 1 saturated heterocycles. The summed E-state index contributed by atoms with van der Waals surface area (Å²) >= 11 is 5.63. The van der Waals surface area contributed by atoms with Gasteiger partial charge < -0.3 is 5.32 Å². The lowest BCUT2D eigenvalue weighted by atomic mass is 9.84. The van der Waals surface area contributed by atoms with Gasteiger partial charge >= 0.3 is 0 Å². The number of halogens is 1. The van der Waals surface area contributed by atoms with Crippen LogP contribution in [-0.4, -0.2) is 30.1 Å². The van der Waals surface area contributed by atoms with Gasteiger partial charge in [0.15, 0.2) is 0 Å². The number of piperidine rings is 1. The van der Waals surface area contributed by atoms with Crippen LogP contribution >= 0.6 is 27.3 Å². The van der Waals surface area contributed by atoms with E-state index in [2.05, 4.69) is 58.4 Å².